The lowest BCUT2D eigenvalue weighted by atomic mass is 10.0. The molecule has 0 atom stereocenters. The van der Waals surface area contributed by atoms with Crippen LogP contribution in [0.25, 0.3) is 0 Å². The molecule has 0 aliphatic carbocycles. The summed E-state index contributed by atoms with van der Waals surface area (Å²) in [5.41, 5.74) is -0.388. The summed E-state index contributed by atoms with van der Waals surface area (Å²) in [6, 6.07) is 6.31. The standard InChI is InChI=1S/C13H19FN2O/c1-5-16(12(17)13(2,3)15-4)11-9-7-6-8-10(11)14/h6-9,15H,5H2,1-4H3. The highest BCUT2D eigenvalue weighted by atomic mass is 19.1. The van der Waals surface area contributed by atoms with Crippen molar-refractivity contribution in [2.24, 2.45) is 0 Å². The number of halogens is 1. The van der Waals surface area contributed by atoms with Crippen molar-refractivity contribution < 1.29 is 9.18 Å². The van der Waals surface area contributed by atoms with Crippen LogP contribution in [0.5, 0.6) is 0 Å². The summed E-state index contributed by atoms with van der Waals surface area (Å²) < 4.78 is 13.7. The van der Waals surface area contributed by atoms with Crippen molar-refractivity contribution in [2.45, 2.75) is 26.3 Å². The highest BCUT2D eigenvalue weighted by Gasteiger charge is 2.31. The summed E-state index contributed by atoms with van der Waals surface area (Å²) in [6.07, 6.45) is 0. The molecule has 0 aliphatic rings. The minimum absolute atomic E-state index is 0.146. The van der Waals surface area contributed by atoms with E-state index in [0.29, 0.717) is 12.2 Å². The Hall–Kier alpha value is -1.42. The molecule has 1 aromatic carbocycles. The van der Waals surface area contributed by atoms with E-state index < -0.39 is 5.54 Å². The van der Waals surface area contributed by atoms with Crippen molar-refractivity contribution in [3.05, 3.63) is 30.1 Å². The number of para-hydroxylation sites is 1. The number of hydrogen-bond acceptors (Lipinski definition) is 2. The van der Waals surface area contributed by atoms with E-state index in [4.69, 9.17) is 0 Å². The second-order valence-electron chi connectivity index (χ2n) is 4.38. The van der Waals surface area contributed by atoms with Gasteiger partial charge in [-0.1, -0.05) is 12.1 Å². The normalized spacial score (nSPS) is 11.4. The summed E-state index contributed by atoms with van der Waals surface area (Å²) in [4.78, 5) is 13.7. The van der Waals surface area contributed by atoms with E-state index in [0.717, 1.165) is 0 Å². The van der Waals surface area contributed by atoms with Gasteiger partial charge >= 0.3 is 0 Å². The van der Waals surface area contributed by atoms with Crippen LogP contribution in [0.15, 0.2) is 24.3 Å². The van der Waals surface area contributed by atoms with Crippen LogP contribution in [0.2, 0.25) is 0 Å². The van der Waals surface area contributed by atoms with Gasteiger partial charge in [-0.05, 0) is 40.0 Å². The predicted molar refractivity (Wildman–Crippen MR) is 67.6 cm³/mol. The highest BCUT2D eigenvalue weighted by Crippen LogP contribution is 2.21. The zero-order chi connectivity index (χ0) is 13.1. The number of anilines is 1. The van der Waals surface area contributed by atoms with Crippen molar-refractivity contribution in [3.8, 4) is 0 Å². The van der Waals surface area contributed by atoms with Gasteiger partial charge in [0.05, 0.1) is 11.2 Å². The Bertz CT molecular complexity index is 404. The van der Waals surface area contributed by atoms with Gasteiger partial charge in [0.15, 0.2) is 0 Å². The molecule has 0 radical (unpaired) electrons. The molecule has 0 bridgehead atoms. The number of benzene rings is 1. The molecule has 1 aromatic rings. The molecule has 17 heavy (non-hydrogen) atoms. The van der Waals surface area contributed by atoms with Crippen LogP contribution in [-0.2, 0) is 4.79 Å². The van der Waals surface area contributed by atoms with Gasteiger partial charge in [0.25, 0.3) is 0 Å². The molecule has 0 aliphatic heterocycles. The summed E-state index contributed by atoms with van der Waals surface area (Å²) in [6.45, 7) is 5.82. The zero-order valence-corrected chi connectivity index (χ0v) is 10.7. The smallest absolute Gasteiger partial charge is 0.246 e. The number of hydrogen-bond donors (Lipinski definition) is 1. The van der Waals surface area contributed by atoms with Crippen LogP contribution in [0, 0.1) is 5.82 Å². The summed E-state index contributed by atoms with van der Waals surface area (Å²) in [5.74, 6) is -0.526. The summed E-state index contributed by atoms with van der Waals surface area (Å²) in [5, 5.41) is 2.93. The topological polar surface area (TPSA) is 32.3 Å². The maximum atomic E-state index is 13.7. The van der Waals surface area contributed by atoms with Crippen LogP contribution in [0.3, 0.4) is 0 Å². The van der Waals surface area contributed by atoms with Crippen molar-refractivity contribution in [1.82, 2.24) is 5.32 Å². The average Bonchev–Trinajstić information content (AvgIpc) is 2.32. The molecule has 0 spiro atoms. The molecule has 0 saturated carbocycles. The molecule has 0 heterocycles. The van der Waals surface area contributed by atoms with Crippen molar-refractivity contribution in [1.29, 1.82) is 0 Å². The molecule has 1 rings (SSSR count). The van der Waals surface area contributed by atoms with Crippen LogP contribution in [0.4, 0.5) is 10.1 Å². The number of carbonyl (C=O) groups is 1. The van der Waals surface area contributed by atoms with Crippen LogP contribution < -0.4 is 10.2 Å². The monoisotopic (exact) mass is 238 g/mol. The van der Waals surface area contributed by atoms with E-state index in [1.807, 2.05) is 6.92 Å². The van der Waals surface area contributed by atoms with Gasteiger partial charge in [-0.3, -0.25) is 4.79 Å². The van der Waals surface area contributed by atoms with Crippen LogP contribution in [-0.4, -0.2) is 25.0 Å². The Kier molecular flexibility index (Phi) is 4.23. The highest BCUT2D eigenvalue weighted by molar-refractivity contribution is 5.99. The van der Waals surface area contributed by atoms with Crippen LogP contribution in [0.1, 0.15) is 20.8 Å². The van der Waals surface area contributed by atoms with Crippen molar-refractivity contribution >= 4 is 11.6 Å². The molecular weight excluding hydrogens is 219 g/mol. The lowest BCUT2D eigenvalue weighted by Gasteiger charge is -2.31. The third-order valence-corrected chi connectivity index (χ3v) is 2.86. The van der Waals surface area contributed by atoms with E-state index >= 15 is 0 Å². The average molecular weight is 238 g/mol. The molecule has 1 N–H and O–H groups in total. The van der Waals surface area contributed by atoms with Crippen molar-refractivity contribution in [2.75, 3.05) is 18.5 Å². The van der Waals surface area contributed by atoms with E-state index in [1.165, 1.54) is 11.0 Å². The molecule has 0 saturated heterocycles. The predicted octanol–water partition coefficient (Wildman–Crippen LogP) is 2.18. The lowest BCUT2D eigenvalue weighted by molar-refractivity contribution is -0.123. The SMILES string of the molecule is CCN(C(=O)C(C)(C)NC)c1ccccc1F. The number of rotatable bonds is 4. The second-order valence-corrected chi connectivity index (χ2v) is 4.38. The molecular formula is C13H19FN2O. The lowest BCUT2D eigenvalue weighted by Crippen LogP contribution is -2.53. The largest absolute Gasteiger partial charge is 0.308 e. The Morgan fingerprint density at radius 1 is 1.41 bits per heavy atom. The fourth-order valence-corrected chi connectivity index (χ4v) is 1.54. The van der Waals surface area contributed by atoms with E-state index in [2.05, 4.69) is 5.32 Å². The first-order valence-corrected chi connectivity index (χ1v) is 5.69. The Labute approximate surface area is 102 Å². The summed E-state index contributed by atoms with van der Waals surface area (Å²) in [7, 11) is 1.72. The fraction of sp³-hybridized carbons (Fsp3) is 0.462. The molecule has 94 valence electrons. The Morgan fingerprint density at radius 2 is 2.00 bits per heavy atom. The van der Waals surface area contributed by atoms with Crippen LogP contribution >= 0.6 is 0 Å². The first-order chi connectivity index (χ1) is 7.94. The molecule has 0 fully saturated rings. The number of nitrogens with one attached hydrogen (secondary N) is 1. The number of carbonyl (C=O) groups excluding carboxylic acids is 1. The molecule has 4 heteroatoms. The third-order valence-electron chi connectivity index (χ3n) is 2.86. The molecule has 1 amide bonds. The Balaban J connectivity index is 3.09. The third kappa shape index (κ3) is 2.82. The Morgan fingerprint density at radius 3 is 2.47 bits per heavy atom. The van der Waals surface area contributed by atoms with E-state index in [-0.39, 0.29) is 11.7 Å². The summed E-state index contributed by atoms with van der Waals surface area (Å²) >= 11 is 0. The van der Waals surface area contributed by atoms with E-state index in [9.17, 15) is 9.18 Å². The quantitative estimate of drug-likeness (QED) is 0.872. The van der Waals surface area contributed by atoms with Gasteiger partial charge in [0, 0.05) is 6.54 Å². The van der Waals surface area contributed by atoms with Gasteiger partial charge < -0.3 is 10.2 Å². The first-order valence-electron chi connectivity index (χ1n) is 5.69. The van der Waals surface area contributed by atoms with Gasteiger partial charge in [0.2, 0.25) is 5.91 Å². The first kappa shape index (κ1) is 13.6. The van der Waals surface area contributed by atoms with Gasteiger partial charge in [-0.25, -0.2) is 4.39 Å². The minimum Gasteiger partial charge on any atom is -0.308 e. The zero-order valence-electron chi connectivity index (χ0n) is 10.7. The maximum Gasteiger partial charge on any atom is 0.246 e. The van der Waals surface area contributed by atoms with Crippen molar-refractivity contribution in [3.63, 3.8) is 0 Å². The minimum atomic E-state index is -0.710. The number of nitrogens with zero attached hydrogens (tertiary/aromatic N) is 1. The molecule has 0 aromatic heterocycles. The van der Waals surface area contributed by atoms with Gasteiger partial charge in [-0.2, -0.15) is 0 Å². The van der Waals surface area contributed by atoms with Gasteiger partial charge in [-0.15, -0.1) is 0 Å². The fourth-order valence-electron chi connectivity index (χ4n) is 1.54. The van der Waals surface area contributed by atoms with Gasteiger partial charge in [0.1, 0.15) is 5.82 Å². The molecule has 0 unspecified atom stereocenters. The molecule has 3 nitrogen and oxygen atoms in total. The second kappa shape index (κ2) is 5.27. The maximum absolute atomic E-state index is 13.7. The number of likely N-dealkylation sites (N-methyl/N-ethyl adjacent to an activating group) is 2. The van der Waals surface area contributed by atoms with E-state index in [1.54, 1.807) is 39.1 Å². The number of amides is 1.